The van der Waals surface area contributed by atoms with E-state index in [2.05, 4.69) is 167 Å². The van der Waals surface area contributed by atoms with Gasteiger partial charge in [0, 0.05) is 19.3 Å². The Morgan fingerprint density at radius 3 is 0.833 bits per heavy atom. The number of carbonyl (C=O) groups is 3. The summed E-state index contributed by atoms with van der Waals surface area (Å²) in [6.45, 7) is 6.44. The molecular formula is C72H116O6. The van der Waals surface area contributed by atoms with Crippen LogP contribution in [-0.2, 0) is 28.6 Å². The van der Waals surface area contributed by atoms with Gasteiger partial charge in [0.1, 0.15) is 13.2 Å². The second kappa shape index (κ2) is 64.8. The summed E-state index contributed by atoms with van der Waals surface area (Å²) in [5, 5.41) is 0. The van der Waals surface area contributed by atoms with Gasteiger partial charge < -0.3 is 14.2 Å². The van der Waals surface area contributed by atoms with Crippen molar-refractivity contribution in [1.29, 1.82) is 0 Å². The van der Waals surface area contributed by atoms with Crippen LogP contribution >= 0.6 is 0 Å². The van der Waals surface area contributed by atoms with E-state index in [0.29, 0.717) is 19.3 Å². The number of esters is 3. The Labute approximate surface area is 480 Å². The van der Waals surface area contributed by atoms with Crippen LogP contribution in [0.5, 0.6) is 0 Å². The van der Waals surface area contributed by atoms with Gasteiger partial charge in [-0.05, 0) is 122 Å². The molecule has 78 heavy (non-hydrogen) atoms. The average Bonchev–Trinajstić information content (AvgIpc) is 3.44. The minimum atomic E-state index is -0.813. The first-order valence-electron chi connectivity index (χ1n) is 31.8. The molecule has 1 atom stereocenters. The molecule has 0 amide bonds. The van der Waals surface area contributed by atoms with E-state index in [-0.39, 0.29) is 37.5 Å². The molecule has 440 valence electrons. The molecule has 0 radical (unpaired) electrons. The van der Waals surface area contributed by atoms with Gasteiger partial charge in [-0.2, -0.15) is 0 Å². The predicted molar refractivity (Wildman–Crippen MR) is 339 cm³/mol. The molecule has 0 aliphatic carbocycles. The highest BCUT2D eigenvalue weighted by atomic mass is 16.6. The van der Waals surface area contributed by atoms with Crippen molar-refractivity contribution < 1.29 is 28.6 Å². The molecule has 0 spiro atoms. The molecule has 0 N–H and O–H groups in total. The monoisotopic (exact) mass is 1080 g/mol. The van der Waals surface area contributed by atoms with Crippen LogP contribution in [0.1, 0.15) is 271 Å². The molecule has 0 fully saturated rings. The Morgan fingerprint density at radius 1 is 0.269 bits per heavy atom. The van der Waals surface area contributed by atoms with Crippen LogP contribution in [0.3, 0.4) is 0 Å². The predicted octanol–water partition coefficient (Wildman–Crippen LogP) is 21.9. The number of hydrogen-bond acceptors (Lipinski definition) is 6. The maximum atomic E-state index is 12.9. The smallest absolute Gasteiger partial charge is 0.306 e. The van der Waals surface area contributed by atoms with Crippen molar-refractivity contribution in [2.45, 2.75) is 277 Å². The maximum Gasteiger partial charge on any atom is 0.306 e. The van der Waals surface area contributed by atoms with Crippen LogP contribution in [0.15, 0.2) is 146 Å². The lowest BCUT2D eigenvalue weighted by Gasteiger charge is -2.18. The topological polar surface area (TPSA) is 78.9 Å². The molecule has 0 aromatic heterocycles. The van der Waals surface area contributed by atoms with E-state index in [1.807, 2.05) is 0 Å². The molecule has 6 heteroatoms. The minimum absolute atomic E-state index is 0.105. The van der Waals surface area contributed by atoms with Gasteiger partial charge in [0.2, 0.25) is 0 Å². The largest absolute Gasteiger partial charge is 0.462 e. The average molecular weight is 1080 g/mol. The number of allylic oxidation sites excluding steroid dienone is 24. The molecule has 0 aliphatic heterocycles. The Kier molecular flexibility index (Phi) is 60.9. The lowest BCUT2D eigenvalue weighted by molar-refractivity contribution is -0.167. The first kappa shape index (κ1) is 73.3. The Bertz CT molecular complexity index is 1710. The van der Waals surface area contributed by atoms with Crippen LogP contribution in [-0.4, -0.2) is 37.2 Å². The van der Waals surface area contributed by atoms with Crippen molar-refractivity contribution in [2.24, 2.45) is 0 Å². The fraction of sp³-hybridized carbons (Fsp3) is 0.625. The molecular weight excluding hydrogens is 961 g/mol. The van der Waals surface area contributed by atoms with Crippen LogP contribution in [0.2, 0.25) is 0 Å². The molecule has 0 aromatic carbocycles. The van der Waals surface area contributed by atoms with E-state index in [9.17, 15) is 14.4 Å². The molecule has 0 bridgehead atoms. The standard InChI is InChI=1S/C72H116O6/c1-4-7-10-13-16-19-22-24-26-28-30-32-33-34-35-36-37-38-39-41-42-44-46-48-50-53-56-59-62-65-71(74)77-68-69(67-76-70(73)64-61-58-55-52-21-18-15-12-9-6-3)78-72(75)66-63-60-57-54-51-49-47-45-43-40-31-29-27-25-23-20-17-14-11-8-5-2/h7,10,16,19,23-26,29-32,34-35,37-38,41-43,45-46,48,53,56,69H,4-6,8-9,11-15,17-18,20-22,27-28,33,36,39-40,44,47,49-52,54-55,57-68H2,1-3H3/b10-7-,19-16-,25-23-,26-24-,31-29-,32-30-,35-34-,38-37-,42-41-,45-43-,48-46-,56-53-. The first-order chi connectivity index (χ1) is 38.5. The Balaban J connectivity index is 4.42. The molecule has 0 heterocycles. The number of rotatable bonds is 56. The highest BCUT2D eigenvalue weighted by Crippen LogP contribution is 2.14. The fourth-order valence-electron chi connectivity index (χ4n) is 8.33. The van der Waals surface area contributed by atoms with Gasteiger partial charge in [-0.1, -0.05) is 276 Å². The normalized spacial score (nSPS) is 13.1. The maximum absolute atomic E-state index is 12.9. The molecule has 0 rings (SSSR count). The van der Waals surface area contributed by atoms with Gasteiger partial charge in [-0.25, -0.2) is 0 Å². The third kappa shape index (κ3) is 62.1. The number of ether oxygens (including phenoxy) is 3. The summed E-state index contributed by atoms with van der Waals surface area (Å²) < 4.78 is 16.8. The fourth-order valence-corrected chi connectivity index (χ4v) is 8.33. The quantitative estimate of drug-likeness (QED) is 0.0261. The molecule has 1 unspecified atom stereocenters. The summed E-state index contributed by atoms with van der Waals surface area (Å²) in [5.74, 6) is -0.983. The van der Waals surface area contributed by atoms with E-state index in [1.165, 1.54) is 96.3 Å². The molecule has 0 aromatic rings. The van der Waals surface area contributed by atoms with Crippen LogP contribution in [0.25, 0.3) is 0 Å². The lowest BCUT2D eigenvalue weighted by Crippen LogP contribution is -2.30. The summed E-state index contributed by atoms with van der Waals surface area (Å²) in [4.78, 5) is 38.2. The van der Waals surface area contributed by atoms with E-state index >= 15 is 0 Å². The highest BCUT2D eigenvalue weighted by molar-refractivity contribution is 5.71. The molecule has 0 saturated carbocycles. The second-order valence-electron chi connectivity index (χ2n) is 20.6. The SMILES string of the molecule is CC/C=C\C/C=C\C/C=C\C/C=C\C/C=C\C/C=C\C/C=C\C/C=C\C/C=C\CCCC(=O)OCC(COC(=O)CCCCCCCCCCCC)OC(=O)CCCCCCCC/C=C\C/C=C\C/C=C\CCCCCCC. The summed E-state index contributed by atoms with van der Waals surface area (Å²) in [7, 11) is 0. The Morgan fingerprint density at radius 2 is 0.513 bits per heavy atom. The molecule has 6 nitrogen and oxygen atoms in total. The van der Waals surface area contributed by atoms with E-state index in [4.69, 9.17) is 14.2 Å². The van der Waals surface area contributed by atoms with Crippen molar-refractivity contribution in [3.8, 4) is 0 Å². The minimum Gasteiger partial charge on any atom is -0.462 e. The van der Waals surface area contributed by atoms with Gasteiger partial charge in [-0.15, -0.1) is 0 Å². The zero-order valence-corrected chi connectivity index (χ0v) is 50.4. The summed E-state index contributed by atoms with van der Waals surface area (Å²) in [5.41, 5.74) is 0. The van der Waals surface area contributed by atoms with Crippen LogP contribution in [0, 0.1) is 0 Å². The van der Waals surface area contributed by atoms with Gasteiger partial charge >= 0.3 is 17.9 Å². The van der Waals surface area contributed by atoms with Crippen LogP contribution < -0.4 is 0 Å². The number of hydrogen-bond donors (Lipinski definition) is 0. The number of carbonyl (C=O) groups excluding carboxylic acids is 3. The summed E-state index contributed by atoms with van der Waals surface area (Å²) in [6, 6.07) is 0. The first-order valence-corrected chi connectivity index (χ1v) is 31.8. The van der Waals surface area contributed by atoms with Crippen molar-refractivity contribution in [3.05, 3.63) is 146 Å². The highest BCUT2D eigenvalue weighted by Gasteiger charge is 2.19. The third-order valence-corrected chi connectivity index (χ3v) is 13.1. The van der Waals surface area contributed by atoms with E-state index < -0.39 is 6.10 Å². The van der Waals surface area contributed by atoms with Crippen molar-refractivity contribution >= 4 is 17.9 Å². The zero-order chi connectivity index (χ0) is 56.4. The van der Waals surface area contributed by atoms with Crippen molar-refractivity contribution in [3.63, 3.8) is 0 Å². The van der Waals surface area contributed by atoms with Crippen molar-refractivity contribution in [2.75, 3.05) is 13.2 Å². The molecule has 0 saturated heterocycles. The Hall–Kier alpha value is -4.71. The molecule has 0 aliphatic rings. The number of unbranched alkanes of at least 4 members (excludes halogenated alkanes) is 21. The van der Waals surface area contributed by atoms with Gasteiger partial charge in [-0.3, -0.25) is 14.4 Å². The van der Waals surface area contributed by atoms with Gasteiger partial charge in [0.05, 0.1) is 0 Å². The van der Waals surface area contributed by atoms with Crippen LogP contribution in [0.4, 0.5) is 0 Å². The summed E-state index contributed by atoms with van der Waals surface area (Å²) in [6.07, 6.45) is 92.9. The van der Waals surface area contributed by atoms with E-state index in [1.54, 1.807) is 0 Å². The third-order valence-electron chi connectivity index (χ3n) is 13.1. The lowest BCUT2D eigenvalue weighted by atomic mass is 10.1. The van der Waals surface area contributed by atoms with E-state index in [0.717, 1.165) is 128 Å². The zero-order valence-electron chi connectivity index (χ0n) is 50.4. The summed E-state index contributed by atoms with van der Waals surface area (Å²) >= 11 is 0. The van der Waals surface area contributed by atoms with Gasteiger partial charge in [0.25, 0.3) is 0 Å². The second-order valence-corrected chi connectivity index (χ2v) is 20.6. The van der Waals surface area contributed by atoms with Gasteiger partial charge in [0.15, 0.2) is 6.10 Å². The van der Waals surface area contributed by atoms with Crippen molar-refractivity contribution in [1.82, 2.24) is 0 Å².